The number of benzene rings is 1. The van der Waals surface area contributed by atoms with Gasteiger partial charge in [0.1, 0.15) is 16.4 Å². The molecule has 104 valence electrons. The number of alkyl halides is 2. The molecule has 0 aliphatic carbocycles. The first-order chi connectivity index (χ1) is 9.48. The predicted molar refractivity (Wildman–Crippen MR) is 66.2 cm³/mol. The lowest BCUT2D eigenvalue weighted by atomic mass is 9.94. The van der Waals surface area contributed by atoms with Crippen LogP contribution in [0.25, 0.3) is 22.4 Å². The Balaban J connectivity index is 2.01. The summed E-state index contributed by atoms with van der Waals surface area (Å²) in [6.45, 7) is 2.71. The maximum atomic E-state index is 12.9. The van der Waals surface area contributed by atoms with E-state index in [9.17, 15) is 8.78 Å². The summed E-state index contributed by atoms with van der Waals surface area (Å²) in [4.78, 5) is 4.05. The molecule has 0 unspecified atom stereocenters. The van der Waals surface area contributed by atoms with Crippen LogP contribution in [0.2, 0.25) is 0 Å². The number of aromatic nitrogens is 5. The van der Waals surface area contributed by atoms with E-state index in [4.69, 9.17) is 4.52 Å². The highest BCUT2D eigenvalue weighted by Gasteiger charge is 2.37. The lowest BCUT2D eigenvalue weighted by Gasteiger charge is -2.17. The zero-order valence-electron chi connectivity index (χ0n) is 10.8. The minimum atomic E-state index is -2.59. The quantitative estimate of drug-likeness (QED) is 0.796. The molecule has 0 saturated heterocycles. The van der Waals surface area contributed by atoms with Crippen LogP contribution in [0.15, 0.2) is 22.7 Å². The molecule has 0 atom stereocenters. The van der Waals surface area contributed by atoms with Gasteiger partial charge in [0.15, 0.2) is 0 Å². The van der Waals surface area contributed by atoms with Crippen molar-refractivity contribution in [3.05, 3.63) is 24.1 Å². The summed E-state index contributed by atoms with van der Waals surface area (Å²) in [5.41, 5.74) is 0.488. The Morgan fingerprint density at radius 1 is 1.20 bits per heavy atom. The summed E-state index contributed by atoms with van der Waals surface area (Å²) in [7, 11) is 0. The third-order valence-corrected chi connectivity index (χ3v) is 3.10. The molecular weight excluding hydrogens is 268 g/mol. The smallest absolute Gasteiger partial charge is 0.252 e. The van der Waals surface area contributed by atoms with Gasteiger partial charge in [-0.25, -0.2) is 8.78 Å². The normalized spacial score (nSPS) is 12.4. The van der Waals surface area contributed by atoms with Crippen LogP contribution in [0.1, 0.15) is 19.7 Å². The van der Waals surface area contributed by atoms with E-state index in [0.717, 1.165) is 0 Å². The van der Waals surface area contributed by atoms with Gasteiger partial charge in [-0.2, -0.15) is 20.4 Å². The molecule has 3 rings (SSSR count). The maximum Gasteiger partial charge on any atom is 0.252 e. The van der Waals surface area contributed by atoms with Gasteiger partial charge < -0.3 is 4.52 Å². The van der Waals surface area contributed by atoms with Gasteiger partial charge in [0.2, 0.25) is 11.7 Å². The molecule has 0 aliphatic rings. The van der Waals surface area contributed by atoms with Gasteiger partial charge in [-0.3, -0.25) is 0 Å². The number of fused-ring (bicyclic) bond motifs is 1. The van der Waals surface area contributed by atoms with E-state index in [0.29, 0.717) is 16.6 Å². The standard InChI is InChI=1S/C12H11F2N5O/c1-12(2,10(13)14)11-15-9(18-20-11)6-3-4-7-8(5-6)17-19-16-7/h3-5,10H,1-2H3,(H,16,17,19). The molecule has 0 fully saturated rings. The Morgan fingerprint density at radius 3 is 2.70 bits per heavy atom. The number of nitrogens with zero attached hydrogens (tertiary/aromatic N) is 4. The molecule has 0 aliphatic heterocycles. The van der Waals surface area contributed by atoms with Crippen molar-refractivity contribution < 1.29 is 13.3 Å². The van der Waals surface area contributed by atoms with Gasteiger partial charge in [0, 0.05) is 5.56 Å². The molecule has 6 nitrogen and oxygen atoms in total. The van der Waals surface area contributed by atoms with E-state index < -0.39 is 11.8 Å². The van der Waals surface area contributed by atoms with Gasteiger partial charge in [-0.1, -0.05) is 5.16 Å². The second-order valence-electron chi connectivity index (χ2n) is 4.97. The molecule has 3 aromatic rings. The summed E-state index contributed by atoms with van der Waals surface area (Å²) in [6.07, 6.45) is -2.59. The number of rotatable bonds is 3. The van der Waals surface area contributed by atoms with E-state index in [1.54, 1.807) is 18.2 Å². The third kappa shape index (κ3) is 1.93. The molecule has 1 N–H and O–H groups in total. The first-order valence-corrected chi connectivity index (χ1v) is 5.92. The van der Waals surface area contributed by atoms with Crippen LogP contribution in [0, 0.1) is 0 Å². The van der Waals surface area contributed by atoms with E-state index >= 15 is 0 Å². The van der Waals surface area contributed by atoms with Crippen molar-refractivity contribution in [2.45, 2.75) is 25.7 Å². The molecule has 0 spiro atoms. The molecule has 1 aromatic carbocycles. The van der Waals surface area contributed by atoms with E-state index in [2.05, 4.69) is 25.6 Å². The van der Waals surface area contributed by atoms with Crippen molar-refractivity contribution >= 4 is 11.0 Å². The first kappa shape index (κ1) is 12.6. The van der Waals surface area contributed by atoms with Crippen molar-refractivity contribution in [2.75, 3.05) is 0 Å². The lowest BCUT2D eigenvalue weighted by Crippen LogP contribution is -2.27. The minimum Gasteiger partial charge on any atom is -0.338 e. The average molecular weight is 279 g/mol. The van der Waals surface area contributed by atoms with Crippen molar-refractivity contribution in [1.82, 2.24) is 25.6 Å². The highest BCUT2D eigenvalue weighted by Crippen LogP contribution is 2.30. The molecule has 0 amide bonds. The molecule has 0 radical (unpaired) electrons. The van der Waals surface area contributed by atoms with Gasteiger partial charge in [0.25, 0.3) is 6.43 Å². The van der Waals surface area contributed by atoms with Gasteiger partial charge >= 0.3 is 0 Å². The van der Waals surface area contributed by atoms with Crippen molar-refractivity contribution in [3.8, 4) is 11.4 Å². The summed E-state index contributed by atoms with van der Waals surface area (Å²) in [5.74, 6) is 0.154. The molecule has 2 aromatic heterocycles. The topological polar surface area (TPSA) is 80.5 Å². The minimum absolute atomic E-state index is 0.0947. The highest BCUT2D eigenvalue weighted by molar-refractivity contribution is 5.79. The summed E-state index contributed by atoms with van der Waals surface area (Å²) >= 11 is 0. The zero-order valence-corrected chi connectivity index (χ0v) is 10.8. The SMILES string of the molecule is CC(C)(c1nc(-c2ccc3n[nH]nc3c2)no1)C(F)F. The fourth-order valence-electron chi connectivity index (χ4n) is 1.68. The number of H-pyrrole nitrogens is 1. The Bertz CT molecular complexity index is 749. The molecule has 8 heteroatoms. The second-order valence-corrected chi connectivity index (χ2v) is 4.97. The van der Waals surface area contributed by atoms with Gasteiger partial charge in [0.05, 0.1) is 0 Å². The number of halogens is 2. The number of hydrogen-bond donors (Lipinski definition) is 1. The van der Waals surface area contributed by atoms with Crippen LogP contribution < -0.4 is 0 Å². The number of aromatic amines is 1. The van der Waals surface area contributed by atoms with Gasteiger partial charge in [-0.15, -0.1) is 0 Å². The average Bonchev–Trinajstić information content (AvgIpc) is 3.06. The van der Waals surface area contributed by atoms with Crippen LogP contribution in [0.4, 0.5) is 8.78 Å². The molecule has 0 bridgehead atoms. The fourth-order valence-corrected chi connectivity index (χ4v) is 1.68. The van der Waals surface area contributed by atoms with E-state index in [1.165, 1.54) is 13.8 Å². The van der Waals surface area contributed by atoms with Crippen LogP contribution in [0.3, 0.4) is 0 Å². The predicted octanol–water partition coefficient (Wildman–Crippen LogP) is 2.55. The number of hydrogen-bond acceptors (Lipinski definition) is 5. The summed E-state index contributed by atoms with van der Waals surface area (Å²) in [6, 6.07) is 5.18. The molecule has 20 heavy (non-hydrogen) atoms. The summed E-state index contributed by atoms with van der Waals surface area (Å²) < 4.78 is 30.8. The van der Waals surface area contributed by atoms with Gasteiger partial charge in [-0.05, 0) is 32.0 Å². The van der Waals surface area contributed by atoms with Crippen LogP contribution >= 0.6 is 0 Å². The third-order valence-electron chi connectivity index (χ3n) is 3.10. The Morgan fingerprint density at radius 2 is 1.95 bits per heavy atom. The summed E-state index contributed by atoms with van der Waals surface area (Å²) in [5, 5.41) is 14.1. The zero-order chi connectivity index (χ0) is 14.3. The Hall–Kier alpha value is -2.38. The van der Waals surface area contributed by atoms with Crippen LogP contribution in [-0.4, -0.2) is 32.0 Å². The van der Waals surface area contributed by atoms with E-state index in [-0.39, 0.29) is 11.7 Å². The monoisotopic (exact) mass is 279 g/mol. The molecule has 0 saturated carbocycles. The second kappa shape index (κ2) is 4.32. The van der Waals surface area contributed by atoms with Crippen LogP contribution in [-0.2, 0) is 5.41 Å². The Kier molecular flexibility index (Phi) is 2.73. The van der Waals surface area contributed by atoms with Crippen molar-refractivity contribution in [2.24, 2.45) is 0 Å². The van der Waals surface area contributed by atoms with Crippen molar-refractivity contribution in [1.29, 1.82) is 0 Å². The lowest BCUT2D eigenvalue weighted by molar-refractivity contribution is 0.0505. The molecular formula is C12H11F2N5O. The fraction of sp³-hybridized carbons (Fsp3) is 0.333. The largest absolute Gasteiger partial charge is 0.338 e. The highest BCUT2D eigenvalue weighted by atomic mass is 19.3. The Labute approximate surface area is 112 Å². The number of nitrogens with one attached hydrogen (secondary N) is 1. The first-order valence-electron chi connectivity index (χ1n) is 5.92. The van der Waals surface area contributed by atoms with E-state index in [1.807, 2.05) is 0 Å². The van der Waals surface area contributed by atoms with Crippen molar-refractivity contribution in [3.63, 3.8) is 0 Å². The maximum absolute atomic E-state index is 12.9. The molecule has 2 heterocycles. The van der Waals surface area contributed by atoms with Crippen LogP contribution in [0.5, 0.6) is 0 Å².